The molecule has 1 fully saturated rings. The molecule has 2 heterocycles. The molecular formula is C21H28N2O3. The van der Waals surface area contributed by atoms with Crippen LogP contribution < -0.4 is 5.32 Å². The zero-order valence-corrected chi connectivity index (χ0v) is 15.8. The van der Waals surface area contributed by atoms with Gasteiger partial charge in [-0.25, -0.2) is 4.79 Å². The quantitative estimate of drug-likeness (QED) is 0.880. The topological polar surface area (TPSA) is 54.7 Å². The van der Waals surface area contributed by atoms with Gasteiger partial charge in [-0.2, -0.15) is 0 Å². The number of benzene rings is 1. The minimum atomic E-state index is -0.437. The van der Waals surface area contributed by atoms with Crippen molar-refractivity contribution in [1.29, 1.82) is 0 Å². The van der Waals surface area contributed by atoms with Crippen LogP contribution >= 0.6 is 0 Å². The molecule has 0 unspecified atom stereocenters. The molecule has 0 bridgehead atoms. The van der Waals surface area contributed by atoms with Gasteiger partial charge in [-0.3, -0.25) is 0 Å². The Morgan fingerprint density at radius 1 is 1.19 bits per heavy atom. The number of ether oxygens (including phenoxy) is 1. The molecule has 0 spiro atoms. The molecule has 1 amide bonds. The Labute approximate surface area is 155 Å². The fourth-order valence-electron chi connectivity index (χ4n) is 3.08. The van der Waals surface area contributed by atoms with Gasteiger partial charge < -0.3 is 19.4 Å². The van der Waals surface area contributed by atoms with Crippen LogP contribution in [0, 0.1) is 0 Å². The number of piperidine rings is 1. The molecule has 1 aliphatic rings. The molecule has 5 heteroatoms. The molecular weight excluding hydrogens is 328 g/mol. The molecule has 2 aromatic rings. The van der Waals surface area contributed by atoms with Crippen molar-refractivity contribution >= 4 is 6.09 Å². The Balaban J connectivity index is 1.43. The Kier molecular flexibility index (Phi) is 5.67. The van der Waals surface area contributed by atoms with Crippen LogP contribution in [-0.4, -0.2) is 35.7 Å². The molecule has 0 atom stereocenters. The Morgan fingerprint density at radius 2 is 1.88 bits per heavy atom. The number of amides is 1. The van der Waals surface area contributed by atoms with Crippen LogP contribution in [0.1, 0.15) is 39.2 Å². The number of hydrogen-bond acceptors (Lipinski definition) is 4. The minimum Gasteiger partial charge on any atom is -0.464 e. The smallest absolute Gasteiger partial charge is 0.410 e. The first kappa shape index (κ1) is 18.5. The molecule has 0 saturated carbocycles. The number of carbonyl (C=O) groups is 1. The van der Waals surface area contributed by atoms with Gasteiger partial charge >= 0.3 is 6.09 Å². The molecule has 0 aliphatic carbocycles. The highest BCUT2D eigenvalue weighted by molar-refractivity contribution is 5.68. The Hall–Kier alpha value is -2.27. The van der Waals surface area contributed by atoms with Crippen molar-refractivity contribution in [2.75, 3.05) is 13.1 Å². The first-order chi connectivity index (χ1) is 12.4. The van der Waals surface area contributed by atoms with Gasteiger partial charge in [-0.1, -0.05) is 24.3 Å². The van der Waals surface area contributed by atoms with E-state index in [-0.39, 0.29) is 6.09 Å². The lowest BCUT2D eigenvalue weighted by Crippen LogP contribution is -2.46. The first-order valence-electron chi connectivity index (χ1n) is 9.25. The number of nitrogens with one attached hydrogen (secondary N) is 1. The molecule has 0 radical (unpaired) electrons. The highest BCUT2D eigenvalue weighted by Gasteiger charge is 2.26. The van der Waals surface area contributed by atoms with Crippen molar-refractivity contribution < 1.29 is 13.9 Å². The summed E-state index contributed by atoms with van der Waals surface area (Å²) in [6, 6.07) is 12.7. The van der Waals surface area contributed by atoms with Crippen LogP contribution in [0.3, 0.4) is 0 Å². The fourth-order valence-corrected chi connectivity index (χ4v) is 3.08. The predicted octanol–water partition coefficient (Wildman–Crippen LogP) is 4.44. The number of furan rings is 1. The lowest BCUT2D eigenvalue weighted by molar-refractivity contribution is 0.0198. The lowest BCUT2D eigenvalue weighted by atomic mass is 10.0. The fraction of sp³-hybridized carbons (Fsp3) is 0.476. The number of likely N-dealkylation sites (tertiary alicyclic amines) is 1. The summed E-state index contributed by atoms with van der Waals surface area (Å²) >= 11 is 0. The molecule has 1 N–H and O–H groups in total. The van der Waals surface area contributed by atoms with Crippen molar-refractivity contribution in [3.8, 4) is 11.3 Å². The molecule has 1 aromatic heterocycles. The summed E-state index contributed by atoms with van der Waals surface area (Å²) in [5.74, 6) is 0.888. The maximum Gasteiger partial charge on any atom is 0.410 e. The van der Waals surface area contributed by atoms with Gasteiger partial charge in [0.1, 0.15) is 11.4 Å². The van der Waals surface area contributed by atoms with E-state index in [1.807, 2.05) is 37.8 Å². The summed E-state index contributed by atoms with van der Waals surface area (Å²) in [5.41, 5.74) is 1.90. The highest BCUT2D eigenvalue weighted by atomic mass is 16.6. The molecule has 140 valence electrons. The predicted molar refractivity (Wildman–Crippen MR) is 102 cm³/mol. The van der Waals surface area contributed by atoms with Crippen molar-refractivity contribution in [2.45, 2.75) is 51.8 Å². The molecule has 5 nitrogen and oxygen atoms in total. The number of rotatable bonds is 4. The summed E-state index contributed by atoms with van der Waals surface area (Å²) in [4.78, 5) is 13.9. The number of hydrogen-bond donors (Lipinski definition) is 1. The van der Waals surface area contributed by atoms with Gasteiger partial charge in [0.15, 0.2) is 0 Å². The summed E-state index contributed by atoms with van der Waals surface area (Å²) in [6.07, 6.45) is 3.38. The van der Waals surface area contributed by atoms with E-state index in [1.54, 1.807) is 6.26 Å². The third kappa shape index (κ3) is 5.11. The van der Waals surface area contributed by atoms with Gasteiger partial charge in [-0.15, -0.1) is 0 Å². The monoisotopic (exact) mass is 356 g/mol. The second kappa shape index (κ2) is 7.96. The average molecular weight is 356 g/mol. The Morgan fingerprint density at radius 3 is 2.46 bits per heavy atom. The second-order valence-electron chi connectivity index (χ2n) is 7.80. The first-order valence-corrected chi connectivity index (χ1v) is 9.25. The Bertz CT molecular complexity index is 694. The second-order valence-corrected chi connectivity index (χ2v) is 7.80. The molecule has 3 rings (SSSR count). The van der Waals surface area contributed by atoms with Crippen LogP contribution in [0.25, 0.3) is 11.3 Å². The largest absolute Gasteiger partial charge is 0.464 e. The van der Waals surface area contributed by atoms with Gasteiger partial charge in [0.05, 0.1) is 6.26 Å². The number of nitrogens with zero attached hydrogens (tertiary/aromatic N) is 1. The van der Waals surface area contributed by atoms with Gasteiger partial charge in [0, 0.05) is 31.2 Å². The van der Waals surface area contributed by atoms with E-state index >= 15 is 0 Å². The van der Waals surface area contributed by atoms with E-state index in [9.17, 15) is 4.79 Å². The van der Waals surface area contributed by atoms with Gasteiger partial charge in [0.2, 0.25) is 0 Å². The summed E-state index contributed by atoms with van der Waals surface area (Å²) < 4.78 is 10.9. The van der Waals surface area contributed by atoms with Crippen molar-refractivity contribution in [2.24, 2.45) is 0 Å². The summed E-state index contributed by atoms with van der Waals surface area (Å²) in [7, 11) is 0. The summed E-state index contributed by atoms with van der Waals surface area (Å²) in [6.45, 7) is 8.01. The maximum absolute atomic E-state index is 12.1. The van der Waals surface area contributed by atoms with Crippen LogP contribution in [0.4, 0.5) is 4.79 Å². The van der Waals surface area contributed by atoms with Crippen LogP contribution in [-0.2, 0) is 11.3 Å². The summed E-state index contributed by atoms with van der Waals surface area (Å²) in [5, 5.41) is 3.60. The standard InChI is InChI=1S/C21H28N2O3/c1-21(2,3)26-20(24)23-12-10-18(11-13-23)22-15-16-6-8-17(9-7-16)19-5-4-14-25-19/h4-9,14,18,22H,10-13,15H2,1-3H3. The zero-order chi connectivity index (χ0) is 18.6. The zero-order valence-electron chi connectivity index (χ0n) is 15.8. The van der Waals surface area contributed by atoms with Crippen LogP contribution in [0.15, 0.2) is 47.1 Å². The van der Waals surface area contributed by atoms with E-state index in [4.69, 9.17) is 9.15 Å². The normalized spacial score (nSPS) is 15.9. The van der Waals surface area contributed by atoms with Gasteiger partial charge in [0.25, 0.3) is 0 Å². The van der Waals surface area contributed by atoms with E-state index in [1.165, 1.54) is 5.56 Å². The van der Waals surface area contributed by atoms with Crippen LogP contribution in [0.5, 0.6) is 0 Å². The van der Waals surface area contributed by atoms with E-state index < -0.39 is 5.60 Å². The molecule has 1 saturated heterocycles. The lowest BCUT2D eigenvalue weighted by Gasteiger charge is -2.33. The van der Waals surface area contributed by atoms with E-state index in [2.05, 4.69) is 29.6 Å². The van der Waals surface area contributed by atoms with Gasteiger partial charge in [-0.05, 0) is 51.3 Å². The third-order valence-electron chi connectivity index (χ3n) is 4.50. The maximum atomic E-state index is 12.1. The average Bonchev–Trinajstić information content (AvgIpc) is 3.14. The van der Waals surface area contributed by atoms with Crippen molar-refractivity contribution in [3.63, 3.8) is 0 Å². The van der Waals surface area contributed by atoms with Crippen LogP contribution in [0.2, 0.25) is 0 Å². The minimum absolute atomic E-state index is 0.204. The number of carbonyl (C=O) groups excluding carboxylic acids is 1. The van der Waals surface area contributed by atoms with Crippen molar-refractivity contribution in [1.82, 2.24) is 10.2 Å². The highest BCUT2D eigenvalue weighted by Crippen LogP contribution is 2.20. The molecule has 26 heavy (non-hydrogen) atoms. The SMILES string of the molecule is CC(C)(C)OC(=O)N1CCC(NCc2ccc(-c3ccco3)cc2)CC1. The van der Waals surface area contributed by atoms with E-state index in [0.717, 1.165) is 43.8 Å². The van der Waals surface area contributed by atoms with E-state index in [0.29, 0.717) is 6.04 Å². The molecule has 1 aliphatic heterocycles. The van der Waals surface area contributed by atoms with Crippen molar-refractivity contribution in [3.05, 3.63) is 48.2 Å². The molecule has 1 aromatic carbocycles. The third-order valence-corrected chi connectivity index (χ3v) is 4.50.